The number of benzene rings is 2. The van der Waals surface area contributed by atoms with Crippen molar-refractivity contribution < 1.29 is 13.9 Å². The first-order valence-corrected chi connectivity index (χ1v) is 11.2. The third-order valence-corrected chi connectivity index (χ3v) is 6.59. The number of hydrogen-bond donors (Lipinski definition) is 0. The number of rotatable bonds is 5. The van der Waals surface area contributed by atoms with Crippen LogP contribution in [0.4, 0.5) is 4.39 Å². The van der Waals surface area contributed by atoms with Gasteiger partial charge in [0.2, 0.25) is 0 Å². The Balaban J connectivity index is 2.00. The lowest BCUT2D eigenvalue weighted by Gasteiger charge is -2.13. The van der Waals surface area contributed by atoms with E-state index in [0.717, 1.165) is 4.57 Å². The van der Waals surface area contributed by atoms with Crippen molar-refractivity contribution in [3.63, 3.8) is 0 Å². The molecule has 0 aliphatic rings. The van der Waals surface area contributed by atoms with E-state index in [1.54, 1.807) is 31.2 Å². The summed E-state index contributed by atoms with van der Waals surface area (Å²) in [7, 11) is 0. The van der Waals surface area contributed by atoms with Gasteiger partial charge in [0.05, 0.1) is 18.7 Å². The summed E-state index contributed by atoms with van der Waals surface area (Å²) in [5, 5.41) is 1.11. The van der Waals surface area contributed by atoms with E-state index < -0.39 is 23.0 Å². The molecule has 160 valence electrons. The van der Waals surface area contributed by atoms with Crippen LogP contribution in [0.15, 0.2) is 50.5 Å². The molecule has 31 heavy (non-hydrogen) atoms. The maximum absolute atomic E-state index is 14.4. The zero-order chi connectivity index (χ0) is 22.3. The number of esters is 1. The lowest BCUT2D eigenvalue weighted by atomic mass is 10.2. The molecule has 4 rings (SSSR count). The van der Waals surface area contributed by atoms with Crippen LogP contribution in [0.2, 0.25) is 5.02 Å². The van der Waals surface area contributed by atoms with Crippen molar-refractivity contribution in [3.05, 3.63) is 78.1 Å². The Morgan fingerprint density at radius 3 is 2.68 bits per heavy atom. The van der Waals surface area contributed by atoms with Gasteiger partial charge in [-0.3, -0.25) is 18.7 Å². The second kappa shape index (κ2) is 8.57. The van der Waals surface area contributed by atoms with E-state index in [1.807, 2.05) is 0 Å². The second-order valence-corrected chi connectivity index (χ2v) is 9.13. The van der Waals surface area contributed by atoms with Crippen LogP contribution in [0.5, 0.6) is 0 Å². The molecule has 0 bridgehead atoms. The highest BCUT2D eigenvalue weighted by Gasteiger charge is 2.21. The van der Waals surface area contributed by atoms with Crippen LogP contribution in [-0.2, 0) is 22.6 Å². The first-order valence-electron chi connectivity index (χ1n) is 9.25. The highest BCUT2D eigenvalue weighted by molar-refractivity contribution is 9.10. The van der Waals surface area contributed by atoms with Crippen molar-refractivity contribution in [2.45, 2.75) is 20.0 Å². The van der Waals surface area contributed by atoms with Gasteiger partial charge in [0.15, 0.2) is 0 Å². The topological polar surface area (TPSA) is 70.3 Å². The largest absolute Gasteiger partial charge is 0.465 e. The molecule has 0 saturated heterocycles. The quantitative estimate of drug-likeness (QED) is 0.359. The van der Waals surface area contributed by atoms with E-state index in [0.29, 0.717) is 25.1 Å². The van der Waals surface area contributed by atoms with E-state index >= 15 is 0 Å². The molecule has 0 radical (unpaired) electrons. The number of nitrogens with zero attached hydrogens (tertiary/aromatic N) is 2. The Kier molecular flexibility index (Phi) is 6.00. The number of halogens is 3. The predicted molar refractivity (Wildman–Crippen MR) is 123 cm³/mol. The van der Waals surface area contributed by atoms with Gasteiger partial charge < -0.3 is 4.74 Å². The molecule has 0 atom stereocenters. The molecule has 2 aromatic carbocycles. The van der Waals surface area contributed by atoms with E-state index in [4.69, 9.17) is 16.3 Å². The van der Waals surface area contributed by atoms with Crippen molar-refractivity contribution >= 4 is 65.1 Å². The van der Waals surface area contributed by atoms with Gasteiger partial charge in [0, 0.05) is 25.1 Å². The van der Waals surface area contributed by atoms with Crippen LogP contribution in [0.1, 0.15) is 12.5 Å². The Bertz CT molecular complexity index is 1460. The Labute approximate surface area is 192 Å². The van der Waals surface area contributed by atoms with Crippen LogP contribution >= 0.6 is 38.9 Å². The average molecular weight is 526 g/mol. The average Bonchev–Trinajstić information content (AvgIpc) is 3.08. The number of thiophene rings is 1. The number of fused-ring (bicyclic) bond motifs is 3. The van der Waals surface area contributed by atoms with E-state index in [9.17, 15) is 18.8 Å². The molecule has 0 saturated carbocycles. The second-order valence-electron chi connectivity index (χ2n) is 6.72. The number of carbonyl (C=O) groups is 1. The molecule has 4 aromatic rings. The van der Waals surface area contributed by atoms with Gasteiger partial charge in [0.1, 0.15) is 17.1 Å². The van der Waals surface area contributed by atoms with Gasteiger partial charge in [0.25, 0.3) is 5.56 Å². The van der Waals surface area contributed by atoms with E-state index in [1.165, 1.54) is 28.0 Å². The summed E-state index contributed by atoms with van der Waals surface area (Å²) < 4.78 is 23.1. The number of aromatic nitrogens is 2. The van der Waals surface area contributed by atoms with Crippen molar-refractivity contribution in [2.75, 3.05) is 6.61 Å². The molecule has 0 N–H and O–H groups in total. The summed E-state index contributed by atoms with van der Waals surface area (Å²) in [5.74, 6) is -1.17. The fourth-order valence-electron chi connectivity index (χ4n) is 3.36. The van der Waals surface area contributed by atoms with Crippen molar-refractivity contribution in [1.29, 1.82) is 0 Å². The van der Waals surface area contributed by atoms with Crippen molar-refractivity contribution in [3.8, 4) is 0 Å². The number of ether oxygens (including phenoxy) is 1. The summed E-state index contributed by atoms with van der Waals surface area (Å²) in [6, 6.07) is 9.43. The van der Waals surface area contributed by atoms with E-state index in [2.05, 4.69) is 15.9 Å². The monoisotopic (exact) mass is 524 g/mol. The highest BCUT2D eigenvalue weighted by atomic mass is 79.9. The smallest absolute Gasteiger partial charge is 0.332 e. The maximum Gasteiger partial charge on any atom is 0.332 e. The Morgan fingerprint density at radius 1 is 1.19 bits per heavy atom. The molecule has 0 unspecified atom stereocenters. The third kappa shape index (κ3) is 4.05. The zero-order valence-electron chi connectivity index (χ0n) is 16.2. The molecule has 0 aliphatic carbocycles. The van der Waals surface area contributed by atoms with Gasteiger partial charge in [-0.2, -0.15) is 0 Å². The van der Waals surface area contributed by atoms with Gasteiger partial charge in [-0.25, -0.2) is 9.18 Å². The number of hydrogen-bond acceptors (Lipinski definition) is 5. The van der Waals surface area contributed by atoms with Gasteiger partial charge in [-0.15, -0.1) is 11.3 Å². The maximum atomic E-state index is 14.4. The molecule has 0 spiro atoms. The van der Waals surface area contributed by atoms with Crippen LogP contribution in [-0.4, -0.2) is 21.7 Å². The van der Waals surface area contributed by atoms with Crippen LogP contribution in [0.25, 0.3) is 20.3 Å². The van der Waals surface area contributed by atoms with Gasteiger partial charge >= 0.3 is 11.7 Å². The van der Waals surface area contributed by atoms with Gasteiger partial charge in [-0.05, 0) is 37.3 Å². The SMILES string of the molecule is CCOC(=O)Cn1c(=O)n(Cc2ccc(Br)cc2F)c(=O)c2sc3cc(Cl)ccc3c21. The molecule has 10 heteroatoms. The molecule has 2 heterocycles. The fourth-order valence-corrected chi connectivity index (χ4v) is 5.13. The van der Waals surface area contributed by atoms with Crippen molar-refractivity contribution in [1.82, 2.24) is 9.13 Å². The summed E-state index contributed by atoms with van der Waals surface area (Å²) in [6.45, 7) is 1.17. The lowest BCUT2D eigenvalue weighted by Crippen LogP contribution is -2.41. The van der Waals surface area contributed by atoms with Crippen LogP contribution in [0.3, 0.4) is 0 Å². The van der Waals surface area contributed by atoms with E-state index in [-0.39, 0.29) is 30.0 Å². The molecule has 0 fully saturated rings. The Hall–Kier alpha value is -2.49. The first kappa shape index (κ1) is 21.7. The summed E-state index contributed by atoms with van der Waals surface area (Å²) in [5.41, 5.74) is -0.761. The normalized spacial score (nSPS) is 11.4. The summed E-state index contributed by atoms with van der Waals surface area (Å²) in [6.07, 6.45) is 0. The molecule has 0 aliphatic heterocycles. The Morgan fingerprint density at radius 2 is 1.97 bits per heavy atom. The summed E-state index contributed by atoms with van der Waals surface area (Å²) in [4.78, 5) is 38.7. The van der Waals surface area contributed by atoms with Crippen LogP contribution in [0, 0.1) is 5.82 Å². The lowest BCUT2D eigenvalue weighted by molar-refractivity contribution is -0.143. The standard InChI is InChI=1S/C21H15BrClFN2O4S/c1-2-30-17(27)10-25-18-14-6-5-13(23)8-16(14)31-19(18)20(28)26(21(25)29)9-11-3-4-12(22)7-15(11)24/h3-8H,2,9-10H2,1H3. The minimum absolute atomic E-state index is 0.153. The first-order chi connectivity index (χ1) is 14.8. The molecular weight excluding hydrogens is 511 g/mol. The third-order valence-electron chi connectivity index (χ3n) is 4.73. The van der Waals surface area contributed by atoms with Crippen LogP contribution < -0.4 is 11.2 Å². The molecule has 2 aromatic heterocycles. The zero-order valence-corrected chi connectivity index (χ0v) is 19.3. The predicted octanol–water partition coefficient (Wildman–Crippen LogP) is 4.54. The van der Waals surface area contributed by atoms with Gasteiger partial charge in [-0.1, -0.05) is 33.6 Å². The highest BCUT2D eigenvalue weighted by Crippen LogP contribution is 2.33. The number of carbonyl (C=O) groups excluding carboxylic acids is 1. The van der Waals surface area contributed by atoms with Crippen molar-refractivity contribution in [2.24, 2.45) is 0 Å². The summed E-state index contributed by atoms with van der Waals surface area (Å²) >= 11 is 10.4. The minimum Gasteiger partial charge on any atom is -0.465 e. The minimum atomic E-state index is -0.720. The molecular formula is C21H15BrClFN2O4S. The molecule has 0 amide bonds. The molecule has 6 nitrogen and oxygen atoms in total. The fraction of sp³-hybridized carbons (Fsp3) is 0.190.